The average molecular weight is 290 g/mol. The topological polar surface area (TPSA) is 0 Å². The third-order valence-corrected chi connectivity index (χ3v) is 4.71. The second-order valence-corrected chi connectivity index (χ2v) is 6.41. The lowest BCUT2D eigenvalue weighted by Gasteiger charge is -2.24. The van der Waals surface area contributed by atoms with Gasteiger partial charge in [-0.15, -0.1) is 0 Å². The minimum atomic E-state index is -4.20. The maximum absolute atomic E-state index is 13.5. The molecule has 21 heavy (non-hydrogen) atoms. The van der Waals surface area contributed by atoms with Crippen LogP contribution in [-0.2, 0) is 5.41 Å². The summed E-state index contributed by atoms with van der Waals surface area (Å²) < 4.78 is 40.5. The van der Waals surface area contributed by atoms with Crippen LogP contribution in [0, 0.1) is 5.41 Å². The van der Waals surface area contributed by atoms with Crippen molar-refractivity contribution in [3.05, 3.63) is 60.2 Å². The van der Waals surface area contributed by atoms with Gasteiger partial charge in [-0.3, -0.25) is 0 Å². The van der Waals surface area contributed by atoms with Gasteiger partial charge < -0.3 is 0 Å². The summed E-state index contributed by atoms with van der Waals surface area (Å²) in [5.74, 6) is 0. The monoisotopic (exact) mass is 290 g/mol. The summed E-state index contributed by atoms with van der Waals surface area (Å²) in [7, 11) is 0. The van der Waals surface area contributed by atoms with Gasteiger partial charge in [-0.05, 0) is 28.5 Å². The highest BCUT2D eigenvalue weighted by atomic mass is 19.4. The Balaban J connectivity index is 1.99. The molecule has 1 aliphatic rings. The molecule has 0 aromatic heterocycles. The lowest BCUT2D eigenvalue weighted by Crippen LogP contribution is -2.33. The lowest BCUT2D eigenvalue weighted by atomic mass is 9.86. The van der Waals surface area contributed by atoms with E-state index in [-0.39, 0.29) is 6.42 Å². The normalized spacial score (nSPS) is 23.9. The van der Waals surface area contributed by atoms with Crippen LogP contribution in [0.1, 0.15) is 25.8 Å². The van der Waals surface area contributed by atoms with Crippen LogP contribution in [0.25, 0.3) is 11.1 Å². The molecule has 1 aliphatic carbocycles. The predicted molar refractivity (Wildman–Crippen MR) is 78.0 cm³/mol. The molecule has 0 amide bonds. The van der Waals surface area contributed by atoms with Crippen LogP contribution in [0.3, 0.4) is 0 Å². The summed E-state index contributed by atoms with van der Waals surface area (Å²) in [6.07, 6.45) is -4.04. The third kappa shape index (κ3) is 2.06. The fourth-order valence-electron chi connectivity index (χ4n) is 3.34. The van der Waals surface area contributed by atoms with Gasteiger partial charge >= 0.3 is 6.18 Å². The maximum Gasteiger partial charge on any atom is 0.398 e. The first-order valence-corrected chi connectivity index (χ1v) is 7.01. The highest BCUT2D eigenvalue weighted by molar-refractivity contribution is 5.64. The predicted octanol–water partition coefficient (Wildman–Crippen LogP) is 5.58. The van der Waals surface area contributed by atoms with Crippen molar-refractivity contribution in [2.24, 2.45) is 5.41 Å². The van der Waals surface area contributed by atoms with Crippen LogP contribution in [0.5, 0.6) is 0 Å². The molecular weight excluding hydrogens is 273 g/mol. The standard InChI is InChI=1S/C18H17F3/c1-16(2)12-17(16,18(19,20)21)15-10-8-14(9-11-15)13-6-4-3-5-7-13/h3-11H,12H2,1-2H3. The molecule has 2 aromatic carbocycles. The fourth-order valence-corrected chi connectivity index (χ4v) is 3.34. The van der Waals surface area contributed by atoms with Crippen molar-refractivity contribution in [2.45, 2.75) is 31.9 Å². The van der Waals surface area contributed by atoms with E-state index in [2.05, 4.69) is 0 Å². The highest BCUT2D eigenvalue weighted by Crippen LogP contribution is 2.71. The van der Waals surface area contributed by atoms with Gasteiger partial charge in [0.2, 0.25) is 0 Å². The Morgan fingerprint density at radius 2 is 1.29 bits per heavy atom. The number of hydrogen-bond acceptors (Lipinski definition) is 0. The Labute approximate surface area is 122 Å². The minimum Gasteiger partial charge on any atom is -0.170 e. The van der Waals surface area contributed by atoms with E-state index in [9.17, 15) is 13.2 Å². The molecule has 2 aromatic rings. The highest BCUT2D eigenvalue weighted by Gasteiger charge is 2.76. The number of hydrogen-bond donors (Lipinski definition) is 0. The molecule has 0 bridgehead atoms. The van der Waals surface area contributed by atoms with Crippen LogP contribution >= 0.6 is 0 Å². The van der Waals surface area contributed by atoms with E-state index in [0.29, 0.717) is 5.56 Å². The summed E-state index contributed by atoms with van der Waals surface area (Å²) >= 11 is 0. The van der Waals surface area contributed by atoms with Gasteiger partial charge in [0.25, 0.3) is 0 Å². The summed E-state index contributed by atoms with van der Waals surface area (Å²) in [5.41, 5.74) is -0.0793. The van der Waals surface area contributed by atoms with Crippen LogP contribution in [0.2, 0.25) is 0 Å². The number of alkyl halides is 3. The van der Waals surface area contributed by atoms with Gasteiger partial charge in [0, 0.05) is 0 Å². The van der Waals surface area contributed by atoms with Gasteiger partial charge in [-0.2, -0.15) is 13.2 Å². The van der Waals surface area contributed by atoms with Gasteiger partial charge in [0.1, 0.15) is 0 Å². The van der Waals surface area contributed by atoms with Crippen molar-refractivity contribution >= 4 is 0 Å². The zero-order valence-corrected chi connectivity index (χ0v) is 12.0. The largest absolute Gasteiger partial charge is 0.398 e. The first-order chi connectivity index (χ1) is 9.78. The van der Waals surface area contributed by atoms with E-state index in [1.807, 2.05) is 30.3 Å². The van der Waals surface area contributed by atoms with Gasteiger partial charge in [-0.1, -0.05) is 68.4 Å². The van der Waals surface area contributed by atoms with Crippen molar-refractivity contribution < 1.29 is 13.2 Å². The number of halogens is 3. The molecule has 3 rings (SSSR count). The van der Waals surface area contributed by atoms with Crippen molar-refractivity contribution in [1.29, 1.82) is 0 Å². The summed E-state index contributed by atoms with van der Waals surface area (Å²) in [6.45, 7) is 3.37. The van der Waals surface area contributed by atoms with Crippen LogP contribution in [0.4, 0.5) is 13.2 Å². The average Bonchev–Trinajstić information content (AvgIpc) is 3.04. The first-order valence-electron chi connectivity index (χ1n) is 7.01. The molecule has 1 atom stereocenters. The van der Waals surface area contributed by atoms with Crippen LogP contribution in [0.15, 0.2) is 54.6 Å². The quantitative estimate of drug-likeness (QED) is 0.677. The molecule has 1 saturated carbocycles. The summed E-state index contributed by atoms with van der Waals surface area (Å²) in [5, 5.41) is 0. The first kappa shape index (κ1) is 14.2. The lowest BCUT2D eigenvalue weighted by molar-refractivity contribution is -0.169. The molecular formula is C18H17F3. The molecule has 0 radical (unpaired) electrons. The van der Waals surface area contributed by atoms with Crippen LogP contribution < -0.4 is 0 Å². The molecule has 0 N–H and O–H groups in total. The van der Waals surface area contributed by atoms with Crippen molar-refractivity contribution in [3.63, 3.8) is 0 Å². The van der Waals surface area contributed by atoms with Crippen LogP contribution in [-0.4, -0.2) is 6.18 Å². The number of benzene rings is 2. The van der Waals surface area contributed by atoms with Crippen molar-refractivity contribution in [3.8, 4) is 11.1 Å². The van der Waals surface area contributed by atoms with E-state index in [1.54, 1.807) is 38.1 Å². The number of rotatable bonds is 2. The SMILES string of the molecule is CC1(C)CC1(c1ccc(-c2ccccc2)cc1)C(F)(F)F. The Kier molecular flexibility index (Phi) is 2.94. The van der Waals surface area contributed by atoms with E-state index >= 15 is 0 Å². The van der Waals surface area contributed by atoms with Gasteiger partial charge in [0.05, 0.1) is 5.41 Å². The van der Waals surface area contributed by atoms with E-state index < -0.39 is 17.0 Å². The molecule has 0 spiro atoms. The Morgan fingerprint density at radius 1 is 0.810 bits per heavy atom. The van der Waals surface area contributed by atoms with E-state index in [4.69, 9.17) is 0 Å². The summed E-state index contributed by atoms with van der Waals surface area (Å²) in [6, 6.07) is 16.5. The van der Waals surface area contributed by atoms with Gasteiger partial charge in [-0.25, -0.2) is 0 Å². The third-order valence-electron chi connectivity index (χ3n) is 4.71. The maximum atomic E-state index is 13.5. The Bertz CT molecular complexity index is 638. The Morgan fingerprint density at radius 3 is 1.71 bits per heavy atom. The molecule has 3 heteroatoms. The molecule has 110 valence electrons. The fraction of sp³-hybridized carbons (Fsp3) is 0.333. The second kappa shape index (κ2) is 4.36. The zero-order chi connectivity index (χ0) is 15.3. The molecule has 0 saturated heterocycles. The van der Waals surface area contributed by atoms with Gasteiger partial charge in [0.15, 0.2) is 0 Å². The molecule has 0 heterocycles. The van der Waals surface area contributed by atoms with Crippen molar-refractivity contribution in [2.75, 3.05) is 0 Å². The molecule has 1 unspecified atom stereocenters. The van der Waals surface area contributed by atoms with E-state index in [0.717, 1.165) is 11.1 Å². The molecule has 1 fully saturated rings. The smallest absolute Gasteiger partial charge is 0.170 e. The Hall–Kier alpha value is -1.77. The molecule has 0 aliphatic heterocycles. The second-order valence-electron chi connectivity index (χ2n) is 6.41. The summed E-state index contributed by atoms with van der Waals surface area (Å²) in [4.78, 5) is 0. The zero-order valence-electron chi connectivity index (χ0n) is 12.0. The minimum absolute atomic E-state index is 0.161. The van der Waals surface area contributed by atoms with Crippen molar-refractivity contribution in [1.82, 2.24) is 0 Å². The van der Waals surface area contributed by atoms with E-state index in [1.165, 1.54) is 0 Å². The molecule has 0 nitrogen and oxygen atoms in total.